The number of oxazole rings is 1. The van der Waals surface area contributed by atoms with Gasteiger partial charge in [-0.1, -0.05) is 12.1 Å². The second-order valence-corrected chi connectivity index (χ2v) is 21.1. The van der Waals surface area contributed by atoms with Crippen molar-refractivity contribution in [3.63, 3.8) is 0 Å². The molecule has 0 aliphatic heterocycles. The number of nitrogens with one attached hydrogen (secondary N) is 3. The highest BCUT2D eigenvalue weighted by molar-refractivity contribution is 6.01. The molecule has 2 unspecified atom stereocenters. The van der Waals surface area contributed by atoms with Crippen LogP contribution in [0.5, 0.6) is 0 Å². The Kier molecular flexibility index (Phi) is 15.1. The van der Waals surface area contributed by atoms with Gasteiger partial charge in [0.1, 0.15) is 40.0 Å². The molecular formula is C57H51F7N16O5. The van der Waals surface area contributed by atoms with Crippen LogP contribution in [-0.4, -0.2) is 113 Å². The number of pyridine rings is 2. The summed E-state index contributed by atoms with van der Waals surface area (Å²) in [5.41, 5.74) is 12.6. The standard InChI is InChI=1S/C20H16F3N5O2.C19H17F3N6O2.C18H18FN5O/c1-10-6-14(12-4-5-16-15(7-12)24-9-30-16)26-18-13(8-25-28(10)18)19(29)27-17(11-2-3-11)20(21,22)23;1-9-7-14(12-3-2-4-13(25-12)16(23)29)26-17-11(8-24-28(9)17)18(30)27-15(10-5-6-10)19(20,21)22;1-10-8-15(14-4-3-5-16(19)22-14)23-17-13(9-20-24(10)17)18(25)21-11(2)12-6-7-12/h4-9,11,17H,2-3H2,1H3,(H,27,29);2-4,7-8,10,15H,5-6H2,1H3,(H2,23,29)(H,27,30);3-5,8-9,11-12H,6-7H2,1-2H3,(H,21,25)/t;;11-/m..1/s1. The van der Waals surface area contributed by atoms with Gasteiger partial charge in [0.25, 0.3) is 23.6 Å². The fourth-order valence-corrected chi connectivity index (χ4v) is 9.74. The van der Waals surface area contributed by atoms with E-state index in [0.29, 0.717) is 93.8 Å². The topological polar surface area (TPSA) is 273 Å². The number of alkyl halides is 6. The van der Waals surface area contributed by atoms with Gasteiger partial charge in [-0.3, -0.25) is 19.2 Å². The van der Waals surface area contributed by atoms with E-state index in [4.69, 9.17) is 10.2 Å². The lowest BCUT2D eigenvalue weighted by Gasteiger charge is -2.20. The highest BCUT2D eigenvalue weighted by atomic mass is 19.4. The molecule has 9 aromatic heterocycles. The molecule has 28 heteroatoms. The van der Waals surface area contributed by atoms with Crippen molar-refractivity contribution < 1.29 is 54.3 Å². The molecule has 13 rings (SSSR count). The van der Waals surface area contributed by atoms with Gasteiger partial charge >= 0.3 is 12.4 Å². The number of carbonyl (C=O) groups is 4. The molecule has 3 saturated carbocycles. The van der Waals surface area contributed by atoms with E-state index in [0.717, 1.165) is 24.1 Å². The smallest absolute Gasteiger partial charge is 0.408 e. The molecule has 21 nitrogen and oxygen atoms in total. The molecule has 0 bridgehead atoms. The Bertz CT molecular complexity index is 4240. The fourth-order valence-electron chi connectivity index (χ4n) is 9.74. The summed E-state index contributed by atoms with van der Waals surface area (Å²) in [4.78, 5) is 74.8. The summed E-state index contributed by atoms with van der Waals surface area (Å²) in [5.74, 6) is -3.83. The van der Waals surface area contributed by atoms with Crippen molar-refractivity contribution >= 4 is 51.7 Å². The van der Waals surface area contributed by atoms with Crippen LogP contribution < -0.4 is 21.7 Å². The molecule has 9 heterocycles. The summed E-state index contributed by atoms with van der Waals surface area (Å²) >= 11 is 0. The molecule has 3 aliphatic carbocycles. The molecule has 5 N–H and O–H groups in total. The van der Waals surface area contributed by atoms with E-state index in [1.807, 2.05) is 13.8 Å². The van der Waals surface area contributed by atoms with Gasteiger partial charge in [0.15, 0.2) is 28.9 Å². The predicted molar refractivity (Wildman–Crippen MR) is 291 cm³/mol. The Morgan fingerprint density at radius 1 is 0.565 bits per heavy atom. The number of benzene rings is 1. The Labute approximate surface area is 476 Å². The van der Waals surface area contributed by atoms with Gasteiger partial charge in [-0.15, -0.1) is 0 Å². The van der Waals surface area contributed by atoms with Gasteiger partial charge in [-0.05, 0) is 145 Å². The van der Waals surface area contributed by atoms with Gasteiger partial charge in [0.05, 0.1) is 47.1 Å². The highest BCUT2D eigenvalue weighted by Gasteiger charge is 2.51. The first-order chi connectivity index (χ1) is 40.5. The number of nitrogens with zero attached hydrogens (tertiary/aromatic N) is 12. The Morgan fingerprint density at radius 2 is 1.01 bits per heavy atom. The molecule has 3 atom stereocenters. The number of hydrogen-bond donors (Lipinski definition) is 4. The van der Waals surface area contributed by atoms with E-state index in [1.165, 1.54) is 46.1 Å². The summed E-state index contributed by atoms with van der Waals surface area (Å²) < 4.78 is 103. The minimum atomic E-state index is -4.53. The van der Waals surface area contributed by atoms with Gasteiger partial charge < -0.3 is 26.1 Å². The molecule has 1 aromatic carbocycles. The summed E-state index contributed by atoms with van der Waals surface area (Å²) in [6.07, 6.45) is 0.305. The van der Waals surface area contributed by atoms with Crippen LogP contribution in [0.3, 0.4) is 0 Å². The summed E-state index contributed by atoms with van der Waals surface area (Å²) in [7, 11) is 0. The molecule has 3 aliphatic rings. The second kappa shape index (κ2) is 22.4. The number of fused-ring (bicyclic) bond motifs is 4. The lowest BCUT2D eigenvalue weighted by atomic mass is 10.1. The number of rotatable bonds is 13. The van der Waals surface area contributed by atoms with Crippen molar-refractivity contribution in [3.05, 3.63) is 143 Å². The number of aryl methyl sites for hydroxylation is 3. The van der Waals surface area contributed by atoms with E-state index < -0.39 is 59.9 Å². The van der Waals surface area contributed by atoms with Crippen molar-refractivity contribution in [2.75, 3.05) is 0 Å². The number of aromatic nitrogens is 12. The quantitative estimate of drug-likeness (QED) is 0.0620. The minimum Gasteiger partial charge on any atom is -0.443 e. The lowest BCUT2D eigenvalue weighted by molar-refractivity contribution is -0.158. The first kappa shape index (κ1) is 57.1. The first-order valence-electron chi connectivity index (χ1n) is 26.8. The largest absolute Gasteiger partial charge is 0.443 e. The molecule has 0 saturated heterocycles. The van der Waals surface area contributed by atoms with Crippen LogP contribution in [0.4, 0.5) is 30.7 Å². The molecule has 0 spiro atoms. The summed E-state index contributed by atoms with van der Waals surface area (Å²) in [5, 5.41) is 19.7. The molecule has 0 radical (unpaired) electrons. The van der Waals surface area contributed by atoms with Crippen molar-refractivity contribution in [3.8, 4) is 34.0 Å². The van der Waals surface area contributed by atoms with Crippen LogP contribution in [0.2, 0.25) is 0 Å². The third kappa shape index (κ3) is 12.3. The Balaban J connectivity index is 0.000000133. The Morgan fingerprint density at radius 3 is 1.47 bits per heavy atom. The van der Waals surface area contributed by atoms with Gasteiger partial charge in [0.2, 0.25) is 5.95 Å². The zero-order valence-corrected chi connectivity index (χ0v) is 45.6. The lowest BCUT2D eigenvalue weighted by Crippen LogP contribution is -2.46. The molecule has 85 heavy (non-hydrogen) atoms. The van der Waals surface area contributed by atoms with Crippen molar-refractivity contribution in [2.24, 2.45) is 23.5 Å². The van der Waals surface area contributed by atoms with E-state index in [9.17, 15) is 49.9 Å². The average Bonchev–Trinajstić information content (AvgIpc) is 3.55. The third-order valence-corrected chi connectivity index (χ3v) is 14.7. The van der Waals surface area contributed by atoms with Gasteiger partial charge in [-0.25, -0.2) is 43.5 Å². The molecule has 438 valence electrons. The van der Waals surface area contributed by atoms with Crippen LogP contribution in [0.1, 0.15) is 104 Å². The minimum absolute atomic E-state index is 0.00244. The number of carbonyl (C=O) groups excluding carboxylic acids is 4. The molecule has 4 amide bonds. The number of hydrogen-bond acceptors (Lipinski definition) is 14. The fraction of sp³-hybridized carbons (Fsp3) is 0.316. The van der Waals surface area contributed by atoms with Crippen LogP contribution in [0, 0.1) is 44.5 Å². The summed E-state index contributed by atoms with van der Waals surface area (Å²) in [6.45, 7) is 7.36. The number of primary amides is 1. The second-order valence-electron chi connectivity index (χ2n) is 21.1. The van der Waals surface area contributed by atoms with Crippen molar-refractivity contribution in [1.29, 1.82) is 0 Å². The molecule has 10 aromatic rings. The van der Waals surface area contributed by atoms with Crippen LogP contribution >= 0.6 is 0 Å². The van der Waals surface area contributed by atoms with E-state index in [-0.39, 0.29) is 40.1 Å². The predicted octanol–water partition coefficient (Wildman–Crippen LogP) is 8.95. The SMILES string of the molecule is Cc1cc(-c2ccc3ocnc3c2)nc2c(C(=O)NC(C3CC3)C(F)(F)F)cnn12.Cc1cc(-c2cccc(C(N)=O)n2)nc2c(C(=O)NC(C3CC3)C(F)(F)F)cnn12.Cc1cc(-c2cccc(F)n2)nc2c(C(=O)N[C@H](C)C3CC3)cnn12. The highest BCUT2D eigenvalue weighted by Crippen LogP contribution is 2.42. The maximum Gasteiger partial charge on any atom is 0.408 e. The number of halogens is 7. The van der Waals surface area contributed by atoms with Crippen LogP contribution in [0.15, 0.2) is 102 Å². The number of nitrogens with two attached hydrogens (primary N) is 1. The Hall–Kier alpha value is -9.76. The third-order valence-electron chi connectivity index (χ3n) is 14.7. The first-order valence-corrected chi connectivity index (χ1v) is 26.8. The van der Waals surface area contributed by atoms with Crippen molar-refractivity contribution in [1.82, 2.24) is 74.7 Å². The normalized spacial score (nSPS) is 15.4. The number of amides is 4. The van der Waals surface area contributed by atoms with Gasteiger partial charge in [-0.2, -0.15) is 46.0 Å². The van der Waals surface area contributed by atoms with E-state index in [2.05, 4.69) is 61.2 Å². The van der Waals surface area contributed by atoms with Crippen molar-refractivity contribution in [2.45, 2.75) is 96.7 Å². The molecular weight excluding hydrogens is 1120 g/mol. The summed E-state index contributed by atoms with van der Waals surface area (Å²) in [6, 6.07) is 16.1. The molecule has 3 fully saturated rings. The maximum absolute atomic E-state index is 13.4. The monoisotopic (exact) mass is 1170 g/mol. The maximum atomic E-state index is 13.4. The van der Waals surface area contributed by atoms with Gasteiger partial charge in [0, 0.05) is 28.7 Å². The zero-order chi connectivity index (χ0) is 60.2. The van der Waals surface area contributed by atoms with E-state index in [1.54, 1.807) is 79.0 Å². The van der Waals surface area contributed by atoms with E-state index >= 15 is 0 Å². The van der Waals surface area contributed by atoms with Crippen LogP contribution in [0.25, 0.3) is 62.1 Å². The average molecular weight is 1170 g/mol. The van der Waals surface area contributed by atoms with Crippen LogP contribution in [-0.2, 0) is 0 Å². The zero-order valence-electron chi connectivity index (χ0n) is 45.6.